The predicted molar refractivity (Wildman–Crippen MR) is 260 cm³/mol. The Balaban J connectivity index is 0.956. The number of aliphatic carboxylic acids is 1. The lowest BCUT2D eigenvalue weighted by atomic mass is 9.94. The van der Waals surface area contributed by atoms with Gasteiger partial charge >= 0.3 is 5.97 Å². The summed E-state index contributed by atoms with van der Waals surface area (Å²) < 4.78 is 49.4. The molecule has 3 aliphatic rings. The van der Waals surface area contributed by atoms with Crippen molar-refractivity contribution < 1.29 is 42.1 Å². The number of hydrogen-bond acceptors (Lipinski definition) is 11. The molecule has 14 nitrogen and oxygen atoms in total. The molecule has 5 aromatic carbocycles. The van der Waals surface area contributed by atoms with Crippen LogP contribution >= 0.6 is 34.5 Å². The molecular weight excluding hydrogens is 962 g/mol. The van der Waals surface area contributed by atoms with E-state index >= 15 is 0 Å². The molecule has 0 radical (unpaired) electrons. The van der Waals surface area contributed by atoms with Gasteiger partial charge in [0.05, 0.1) is 27.4 Å². The average molecular weight is 1010 g/mol. The third-order valence-corrected chi connectivity index (χ3v) is 16.8. The molecule has 0 bridgehead atoms. The topological polar surface area (TPSA) is 197 Å². The monoisotopic (exact) mass is 1010 g/mol. The molecule has 9 rings (SSSR count). The van der Waals surface area contributed by atoms with E-state index in [2.05, 4.69) is 21.7 Å². The highest BCUT2D eigenvalue weighted by Crippen LogP contribution is 2.43. The van der Waals surface area contributed by atoms with E-state index in [0.29, 0.717) is 49.5 Å². The van der Waals surface area contributed by atoms with E-state index in [1.54, 1.807) is 48.5 Å². The van der Waals surface area contributed by atoms with Gasteiger partial charge in [0.1, 0.15) is 31.0 Å². The number of benzene rings is 5. The Labute approximate surface area is 412 Å². The average Bonchev–Trinajstić information content (AvgIpc) is 4.04. The Kier molecular flexibility index (Phi) is 14.0. The molecule has 2 aliphatic heterocycles. The van der Waals surface area contributed by atoms with Crippen molar-refractivity contribution in [2.75, 3.05) is 11.9 Å². The number of halogens is 2. The van der Waals surface area contributed by atoms with Gasteiger partial charge in [0.25, 0.3) is 10.0 Å². The van der Waals surface area contributed by atoms with Gasteiger partial charge in [0.15, 0.2) is 26.9 Å². The Bertz CT molecular complexity index is 3080. The second kappa shape index (κ2) is 20.2. The maximum atomic E-state index is 14.9. The SMILES string of the molecule is Cc1nc(NC(=O)C2CCCC2)sc1S(=O)(=O)N1Cc2cc3c(cc2CC1C(=O)N[C@@H](Cc1ccc(-c2ccc(C#N)cc2)cc1)C(=O)O)OC[C@H](c1ccc(OCc2ccc(Cl)c(Cl)c2)cc1)O3. The maximum Gasteiger partial charge on any atom is 0.326 e. The molecule has 0 saturated heterocycles. The Hall–Kier alpha value is -6.48. The minimum atomic E-state index is -4.50. The number of hydrogen-bond donors (Lipinski definition) is 3. The smallest absolute Gasteiger partial charge is 0.326 e. The molecule has 0 spiro atoms. The third kappa shape index (κ3) is 10.6. The quantitative estimate of drug-likeness (QED) is 0.0940. The molecule has 3 N–H and O–H groups in total. The number of aromatic nitrogens is 1. The van der Waals surface area contributed by atoms with Crippen molar-refractivity contribution in [3.63, 3.8) is 0 Å². The molecule has 354 valence electrons. The van der Waals surface area contributed by atoms with Gasteiger partial charge in [-0.2, -0.15) is 9.57 Å². The van der Waals surface area contributed by atoms with Crippen LogP contribution in [-0.2, 0) is 50.4 Å². The first kappa shape index (κ1) is 47.6. The number of carboxylic acid groups (broad SMARTS) is 1. The highest BCUT2D eigenvalue weighted by Gasteiger charge is 2.43. The summed E-state index contributed by atoms with van der Waals surface area (Å²) in [6.07, 6.45) is 2.66. The summed E-state index contributed by atoms with van der Waals surface area (Å²) in [6.45, 7) is 1.71. The van der Waals surface area contributed by atoms with Crippen LogP contribution in [0.15, 0.2) is 107 Å². The van der Waals surface area contributed by atoms with Crippen molar-refractivity contribution in [3.8, 4) is 34.4 Å². The Morgan fingerprint density at radius 1 is 0.899 bits per heavy atom. The van der Waals surface area contributed by atoms with Gasteiger partial charge in [-0.25, -0.2) is 18.2 Å². The first-order valence-electron chi connectivity index (χ1n) is 22.3. The molecule has 69 heavy (non-hydrogen) atoms. The van der Waals surface area contributed by atoms with Crippen LogP contribution in [0.5, 0.6) is 17.2 Å². The van der Waals surface area contributed by atoms with Crippen LogP contribution in [0.4, 0.5) is 5.13 Å². The van der Waals surface area contributed by atoms with E-state index < -0.39 is 40.1 Å². The second-order valence-electron chi connectivity index (χ2n) is 17.2. The summed E-state index contributed by atoms with van der Waals surface area (Å²) in [5.74, 6) is -1.08. The summed E-state index contributed by atoms with van der Waals surface area (Å²) >= 11 is 13.0. The van der Waals surface area contributed by atoms with Gasteiger partial charge in [0.2, 0.25) is 11.8 Å². The van der Waals surface area contributed by atoms with Crippen molar-refractivity contribution >= 4 is 67.5 Å². The summed E-state index contributed by atoms with van der Waals surface area (Å²) in [7, 11) is -4.50. The molecule has 1 aromatic heterocycles. The molecule has 6 aromatic rings. The molecule has 3 atom stereocenters. The van der Waals surface area contributed by atoms with Crippen LogP contribution in [0.1, 0.15) is 70.9 Å². The molecule has 18 heteroatoms. The largest absolute Gasteiger partial charge is 0.489 e. The number of sulfonamides is 1. The lowest BCUT2D eigenvalue weighted by Gasteiger charge is -2.36. The summed E-state index contributed by atoms with van der Waals surface area (Å²) in [5, 5.41) is 26.0. The van der Waals surface area contributed by atoms with E-state index in [9.17, 15) is 27.9 Å². The fourth-order valence-electron chi connectivity index (χ4n) is 8.79. The van der Waals surface area contributed by atoms with Crippen molar-refractivity contribution in [3.05, 3.63) is 152 Å². The molecule has 1 aliphatic carbocycles. The van der Waals surface area contributed by atoms with Crippen molar-refractivity contribution in [2.45, 2.75) is 81.0 Å². The zero-order chi connectivity index (χ0) is 48.4. The highest BCUT2D eigenvalue weighted by molar-refractivity contribution is 7.91. The number of thiazole rings is 1. The maximum absolute atomic E-state index is 14.9. The van der Waals surface area contributed by atoms with E-state index in [1.165, 1.54) is 6.92 Å². The molecule has 1 fully saturated rings. The van der Waals surface area contributed by atoms with Gasteiger partial charge < -0.3 is 30.0 Å². The van der Waals surface area contributed by atoms with Crippen molar-refractivity contribution in [2.24, 2.45) is 5.92 Å². The minimum absolute atomic E-state index is 0.0862. The number of nitrogens with zero attached hydrogens (tertiary/aromatic N) is 3. The number of carbonyl (C=O) groups is 3. The zero-order valence-electron chi connectivity index (χ0n) is 37.1. The fraction of sp³-hybridized carbons (Fsp3) is 0.275. The van der Waals surface area contributed by atoms with Crippen LogP contribution in [0.2, 0.25) is 10.0 Å². The van der Waals surface area contributed by atoms with Crippen molar-refractivity contribution in [1.82, 2.24) is 14.6 Å². The number of anilines is 1. The van der Waals surface area contributed by atoms with Gasteiger partial charge in [-0.05, 0) is 114 Å². The molecule has 3 heterocycles. The molecule has 1 unspecified atom stereocenters. The van der Waals surface area contributed by atoms with Crippen LogP contribution < -0.4 is 24.8 Å². The van der Waals surface area contributed by atoms with Crippen LogP contribution in [0.3, 0.4) is 0 Å². The number of nitrogens with one attached hydrogen (secondary N) is 2. The van der Waals surface area contributed by atoms with Crippen LogP contribution in [0.25, 0.3) is 11.1 Å². The second-order valence-corrected chi connectivity index (χ2v) is 21.1. The number of carbonyl (C=O) groups excluding carboxylic acids is 2. The lowest BCUT2D eigenvalue weighted by molar-refractivity contribution is -0.142. The minimum Gasteiger partial charge on any atom is -0.489 e. The number of rotatable bonds is 14. The number of ether oxygens (including phenoxy) is 3. The summed E-state index contributed by atoms with van der Waals surface area (Å²) in [4.78, 5) is 44.7. The van der Waals surface area contributed by atoms with Gasteiger partial charge in [-0.1, -0.05) is 102 Å². The number of amides is 2. The number of fused-ring (bicyclic) bond motifs is 2. The standard InChI is InChI=1S/C51H45Cl2N5O9S2/c1-29-50(68-51(55-29)57-47(59)36-4-2-3-5-36)69(63,64)58-26-38-24-45-44(66-28-46(67-45)35-15-17-39(18-16-35)65-27-32-10-19-40(52)41(53)20-32)23-37(38)22-43(58)48(60)56-42(49(61)62)21-30-6-11-33(12-7-30)34-13-8-31(25-54)9-14-34/h6-20,23-24,36,42-43,46H,2-5,21-22,26-28H2,1H3,(H,56,60)(H,61,62)(H,55,57,59)/t42-,43?,46+/m0/s1. The highest BCUT2D eigenvalue weighted by atomic mass is 35.5. The van der Waals surface area contributed by atoms with E-state index in [0.717, 1.165) is 63.6 Å². The molecule has 2 amide bonds. The van der Waals surface area contributed by atoms with Crippen LogP contribution in [0, 0.1) is 24.2 Å². The first-order valence-corrected chi connectivity index (χ1v) is 25.3. The van der Waals surface area contributed by atoms with Crippen molar-refractivity contribution in [1.29, 1.82) is 5.26 Å². The van der Waals surface area contributed by atoms with Gasteiger partial charge in [-0.15, -0.1) is 0 Å². The molecule has 1 saturated carbocycles. The summed E-state index contributed by atoms with van der Waals surface area (Å²) in [5.41, 5.74) is 5.88. The van der Waals surface area contributed by atoms with E-state index in [4.69, 9.17) is 42.7 Å². The third-order valence-electron chi connectivity index (χ3n) is 12.6. The Morgan fingerprint density at radius 2 is 1.58 bits per heavy atom. The fourth-order valence-corrected chi connectivity index (χ4v) is 12.2. The van der Waals surface area contributed by atoms with Crippen LogP contribution in [-0.4, -0.2) is 59.3 Å². The predicted octanol–water partition coefficient (Wildman–Crippen LogP) is 9.44. The van der Waals surface area contributed by atoms with E-state index in [1.807, 2.05) is 54.6 Å². The first-order chi connectivity index (χ1) is 33.2. The number of aryl methyl sites for hydroxylation is 1. The number of carboxylic acids is 1. The van der Waals surface area contributed by atoms with Gasteiger partial charge in [-0.3, -0.25) is 9.59 Å². The lowest BCUT2D eigenvalue weighted by Crippen LogP contribution is -2.55. The number of nitriles is 1. The van der Waals surface area contributed by atoms with Gasteiger partial charge in [0, 0.05) is 18.9 Å². The molecular formula is C51H45Cl2N5O9S2. The van der Waals surface area contributed by atoms with E-state index in [-0.39, 0.29) is 59.5 Å². The Morgan fingerprint density at radius 3 is 2.26 bits per heavy atom. The zero-order valence-corrected chi connectivity index (χ0v) is 40.3. The summed E-state index contributed by atoms with van der Waals surface area (Å²) in [6, 6.07) is 29.7. The normalized spacial score (nSPS) is 17.3.